The summed E-state index contributed by atoms with van der Waals surface area (Å²) in [6.45, 7) is 10.0. The van der Waals surface area contributed by atoms with Gasteiger partial charge in [0.2, 0.25) is 0 Å². The van der Waals surface area contributed by atoms with Gasteiger partial charge in [-0.05, 0) is 16.3 Å². The van der Waals surface area contributed by atoms with Crippen LogP contribution in [0.4, 0.5) is 0 Å². The fraction of sp³-hybridized carbons (Fsp3) is 0.500. The Kier molecular flexibility index (Phi) is 5.32. The predicted molar refractivity (Wildman–Crippen MR) is 111 cm³/mol. The molecule has 144 valence electrons. The lowest BCUT2D eigenvalue weighted by atomic mass is 9.89. The summed E-state index contributed by atoms with van der Waals surface area (Å²) in [5.41, 5.74) is 1.67. The van der Waals surface area contributed by atoms with Gasteiger partial charge in [-0.25, -0.2) is 0 Å². The SMILES string of the molecule is CN=C(NCC1(C)COC1)N1CCN(Cc2cccc3ccccc23)CC1. The van der Waals surface area contributed by atoms with Crippen LogP contribution in [-0.2, 0) is 11.3 Å². The monoisotopic (exact) mass is 366 g/mol. The molecule has 0 saturated carbocycles. The summed E-state index contributed by atoms with van der Waals surface area (Å²) in [6, 6.07) is 15.3. The van der Waals surface area contributed by atoms with Crippen LogP contribution in [0.1, 0.15) is 12.5 Å². The molecule has 0 amide bonds. The minimum atomic E-state index is 0.256. The number of guanidine groups is 1. The molecule has 4 rings (SSSR count). The Balaban J connectivity index is 1.33. The number of aliphatic imine (C=N–C) groups is 1. The van der Waals surface area contributed by atoms with Gasteiger partial charge in [0, 0.05) is 51.7 Å². The molecule has 1 N–H and O–H groups in total. The van der Waals surface area contributed by atoms with Crippen molar-refractivity contribution >= 4 is 16.7 Å². The van der Waals surface area contributed by atoms with Crippen LogP contribution in [0.2, 0.25) is 0 Å². The first kappa shape index (κ1) is 18.3. The summed E-state index contributed by atoms with van der Waals surface area (Å²) in [7, 11) is 1.88. The summed E-state index contributed by atoms with van der Waals surface area (Å²) in [6.07, 6.45) is 0. The smallest absolute Gasteiger partial charge is 0.193 e. The van der Waals surface area contributed by atoms with Crippen LogP contribution in [0.15, 0.2) is 47.5 Å². The first-order valence-corrected chi connectivity index (χ1v) is 9.89. The minimum Gasteiger partial charge on any atom is -0.380 e. The second kappa shape index (κ2) is 7.87. The highest BCUT2D eigenvalue weighted by atomic mass is 16.5. The molecular formula is C22H30N4O. The highest BCUT2D eigenvalue weighted by molar-refractivity contribution is 5.85. The molecule has 5 nitrogen and oxygen atoms in total. The van der Waals surface area contributed by atoms with Gasteiger partial charge in [0.05, 0.1) is 13.2 Å². The van der Waals surface area contributed by atoms with Crippen LogP contribution in [0.5, 0.6) is 0 Å². The molecule has 27 heavy (non-hydrogen) atoms. The molecule has 0 aromatic heterocycles. The van der Waals surface area contributed by atoms with E-state index in [9.17, 15) is 0 Å². The second-order valence-electron chi connectivity index (χ2n) is 8.11. The van der Waals surface area contributed by atoms with Gasteiger partial charge in [0.15, 0.2) is 5.96 Å². The van der Waals surface area contributed by atoms with E-state index in [0.717, 1.165) is 58.4 Å². The van der Waals surface area contributed by atoms with Crippen molar-refractivity contribution < 1.29 is 4.74 Å². The number of hydrogen-bond donors (Lipinski definition) is 1. The lowest BCUT2D eigenvalue weighted by molar-refractivity contribution is -0.0973. The average molecular weight is 367 g/mol. The zero-order chi connectivity index (χ0) is 18.7. The highest BCUT2D eigenvalue weighted by Crippen LogP contribution is 2.25. The van der Waals surface area contributed by atoms with Crippen molar-refractivity contribution in [3.05, 3.63) is 48.0 Å². The molecule has 0 bridgehead atoms. The summed E-state index contributed by atoms with van der Waals surface area (Å²) >= 11 is 0. The Morgan fingerprint density at radius 2 is 1.81 bits per heavy atom. The van der Waals surface area contributed by atoms with E-state index in [0.29, 0.717) is 0 Å². The van der Waals surface area contributed by atoms with Crippen molar-refractivity contribution in [1.29, 1.82) is 0 Å². The number of hydrogen-bond acceptors (Lipinski definition) is 3. The van der Waals surface area contributed by atoms with Crippen LogP contribution in [0.25, 0.3) is 10.8 Å². The van der Waals surface area contributed by atoms with Crippen molar-refractivity contribution in [1.82, 2.24) is 15.1 Å². The van der Waals surface area contributed by atoms with E-state index in [1.165, 1.54) is 16.3 Å². The van der Waals surface area contributed by atoms with Crippen LogP contribution >= 0.6 is 0 Å². The van der Waals surface area contributed by atoms with Crippen LogP contribution in [0, 0.1) is 5.41 Å². The molecule has 2 aliphatic rings. The molecule has 0 spiro atoms. The normalized spacial score (nSPS) is 20.5. The van der Waals surface area contributed by atoms with E-state index in [2.05, 4.69) is 69.5 Å². The van der Waals surface area contributed by atoms with Crippen molar-refractivity contribution in [2.45, 2.75) is 13.5 Å². The molecule has 2 heterocycles. The minimum absolute atomic E-state index is 0.256. The van der Waals surface area contributed by atoms with E-state index in [1.807, 2.05) is 7.05 Å². The maximum Gasteiger partial charge on any atom is 0.193 e. The number of fused-ring (bicyclic) bond motifs is 1. The Hall–Kier alpha value is -2.11. The molecule has 2 saturated heterocycles. The molecule has 2 aromatic rings. The first-order valence-electron chi connectivity index (χ1n) is 9.89. The molecule has 2 fully saturated rings. The quantitative estimate of drug-likeness (QED) is 0.667. The number of rotatable bonds is 4. The number of ether oxygens (including phenoxy) is 1. The third-order valence-corrected chi connectivity index (χ3v) is 5.73. The zero-order valence-electron chi connectivity index (χ0n) is 16.4. The van der Waals surface area contributed by atoms with E-state index in [-0.39, 0.29) is 5.41 Å². The topological polar surface area (TPSA) is 40.1 Å². The largest absolute Gasteiger partial charge is 0.380 e. The van der Waals surface area contributed by atoms with Gasteiger partial charge in [-0.1, -0.05) is 49.4 Å². The van der Waals surface area contributed by atoms with Crippen LogP contribution in [0.3, 0.4) is 0 Å². The van der Waals surface area contributed by atoms with Gasteiger partial charge < -0.3 is 15.0 Å². The average Bonchev–Trinajstić information content (AvgIpc) is 2.68. The Labute approximate surface area is 162 Å². The van der Waals surface area contributed by atoms with Gasteiger partial charge in [-0.3, -0.25) is 9.89 Å². The Morgan fingerprint density at radius 3 is 2.52 bits per heavy atom. The molecule has 2 aliphatic heterocycles. The molecular weight excluding hydrogens is 336 g/mol. The van der Waals surface area contributed by atoms with E-state index < -0.39 is 0 Å². The summed E-state index contributed by atoms with van der Waals surface area (Å²) < 4.78 is 5.35. The fourth-order valence-corrected chi connectivity index (χ4v) is 3.97. The lowest BCUT2D eigenvalue weighted by Crippen LogP contribution is -2.55. The van der Waals surface area contributed by atoms with E-state index in [4.69, 9.17) is 4.74 Å². The summed E-state index contributed by atoms with van der Waals surface area (Å²) in [4.78, 5) is 9.42. The lowest BCUT2D eigenvalue weighted by Gasteiger charge is -2.41. The maximum atomic E-state index is 5.35. The van der Waals surface area contributed by atoms with Gasteiger partial charge in [0.25, 0.3) is 0 Å². The number of benzene rings is 2. The van der Waals surface area contributed by atoms with Crippen molar-refractivity contribution in [2.24, 2.45) is 10.4 Å². The molecule has 0 aliphatic carbocycles. The highest BCUT2D eigenvalue weighted by Gasteiger charge is 2.33. The molecule has 0 radical (unpaired) electrons. The zero-order valence-corrected chi connectivity index (χ0v) is 16.4. The first-order chi connectivity index (χ1) is 13.2. The summed E-state index contributed by atoms with van der Waals surface area (Å²) in [5.74, 6) is 1.02. The third kappa shape index (κ3) is 4.09. The molecule has 2 aromatic carbocycles. The molecule has 0 atom stereocenters. The van der Waals surface area contributed by atoms with Gasteiger partial charge in [0.1, 0.15) is 0 Å². The Bertz CT molecular complexity index is 802. The predicted octanol–water partition coefficient (Wildman–Crippen LogP) is 2.57. The fourth-order valence-electron chi connectivity index (χ4n) is 3.97. The number of piperazine rings is 1. The van der Waals surface area contributed by atoms with Crippen LogP contribution < -0.4 is 5.32 Å². The van der Waals surface area contributed by atoms with Gasteiger partial charge >= 0.3 is 0 Å². The Morgan fingerprint density at radius 1 is 1.07 bits per heavy atom. The standard InChI is InChI=1S/C22H30N4O/c1-22(16-27-17-22)15-24-21(23-2)26-12-10-25(11-13-26)14-19-8-5-7-18-6-3-4-9-20(18)19/h3-9H,10-17H2,1-2H3,(H,23,24). The van der Waals surface area contributed by atoms with Crippen molar-refractivity contribution in [3.63, 3.8) is 0 Å². The van der Waals surface area contributed by atoms with Gasteiger partial charge in [-0.15, -0.1) is 0 Å². The van der Waals surface area contributed by atoms with Gasteiger partial charge in [-0.2, -0.15) is 0 Å². The number of nitrogens with one attached hydrogen (secondary N) is 1. The van der Waals surface area contributed by atoms with Crippen molar-refractivity contribution in [2.75, 3.05) is 53.0 Å². The summed E-state index contributed by atoms with van der Waals surface area (Å²) in [5, 5.41) is 6.24. The van der Waals surface area contributed by atoms with Crippen molar-refractivity contribution in [3.8, 4) is 0 Å². The third-order valence-electron chi connectivity index (χ3n) is 5.73. The number of nitrogens with zero attached hydrogens (tertiary/aromatic N) is 3. The maximum absolute atomic E-state index is 5.35. The van der Waals surface area contributed by atoms with E-state index >= 15 is 0 Å². The molecule has 5 heteroatoms. The van der Waals surface area contributed by atoms with E-state index in [1.54, 1.807) is 0 Å². The second-order valence-corrected chi connectivity index (χ2v) is 8.11. The van der Waals surface area contributed by atoms with Crippen LogP contribution in [-0.4, -0.2) is 68.7 Å². The molecule has 0 unspecified atom stereocenters.